The zero-order chi connectivity index (χ0) is 16.8. The number of thioether (sulfide) groups is 1. The highest BCUT2D eigenvalue weighted by atomic mass is 32.2. The first-order valence-electron chi connectivity index (χ1n) is 7.36. The van der Waals surface area contributed by atoms with E-state index in [1.54, 1.807) is 23.1 Å². The van der Waals surface area contributed by atoms with Crippen LogP contribution in [0.2, 0.25) is 0 Å². The number of fused-ring (bicyclic) bond motifs is 2. The van der Waals surface area contributed by atoms with Gasteiger partial charge in [-0.05, 0) is 37.8 Å². The molecule has 4 aromatic rings. The third kappa shape index (κ3) is 2.64. The fraction of sp³-hybridized carbons (Fsp3) is 0.250. The Morgan fingerprint density at radius 2 is 2.04 bits per heavy atom. The van der Waals surface area contributed by atoms with Crippen LogP contribution in [0.1, 0.15) is 22.1 Å². The molecule has 0 saturated heterocycles. The van der Waals surface area contributed by atoms with Crippen molar-refractivity contribution in [1.82, 2.24) is 19.9 Å². The molecule has 0 bridgehead atoms. The van der Waals surface area contributed by atoms with Crippen LogP contribution < -0.4 is 5.56 Å². The van der Waals surface area contributed by atoms with Crippen LogP contribution in [0.5, 0.6) is 0 Å². The van der Waals surface area contributed by atoms with Crippen molar-refractivity contribution in [2.24, 2.45) is 0 Å². The number of H-pyrrole nitrogens is 1. The lowest BCUT2D eigenvalue weighted by Gasteiger charge is -2.05. The molecule has 0 atom stereocenters. The second kappa shape index (κ2) is 5.94. The Bertz CT molecular complexity index is 1130. The highest BCUT2D eigenvalue weighted by molar-refractivity contribution is 7.98. The molecule has 122 valence electrons. The number of nitrogens with zero attached hydrogens (tertiary/aromatic N) is 3. The van der Waals surface area contributed by atoms with Crippen molar-refractivity contribution in [3.8, 4) is 0 Å². The van der Waals surface area contributed by atoms with Gasteiger partial charge in [-0.15, -0.1) is 22.7 Å². The molecule has 1 N–H and O–H groups in total. The van der Waals surface area contributed by atoms with Crippen molar-refractivity contribution in [2.45, 2.75) is 31.6 Å². The zero-order valence-electron chi connectivity index (χ0n) is 13.3. The highest BCUT2D eigenvalue weighted by Gasteiger charge is 2.14. The van der Waals surface area contributed by atoms with Gasteiger partial charge < -0.3 is 4.98 Å². The van der Waals surface area contributed by atoms with Gasteiger partial charge in [0, 0.05) is 10.3 Å². The van der Waals surface area contributed by atoms with E-state index < -0.39 is 0 Å². The molecular weight excluding hydrogens is 360 g/mol. The molecule has 8 heteroatoms. The average Bonchev–Trinajstić information content (AvgIpc) is 3.10. The average molecular weight is 375 g/mol. The molecule has 0 fully saturated rings. The second-order valence-electron chi connectivity index (χ2n) is 5.48. The van der Waals surface area contributed by atoms with E-state index >= 15 is 0 Å². The molecule has 0 aliphatic rings. The van der Waals surface area contributed by atoms with E-state index in [4.69, 9.17) is 0 Å². The summed E-state index contributed by atoms with van der Waals surface area (Å²) in [6.45, 7) is 6.12. The summed E-state index contributed by atoms with van der Waals surface area (Å²) in [6, 6.07) is 1.88. The van der Waals surface area contributed by atoms with Crippen molar-refractivity contribution in [2.75, 3.05) is 0 Å². The summed E-state index contributed by atoms with van der Waals surface area (Å²) in [5, 5.41) is 3.96. The van der Waals surface area contributed by atoms with Gasteiger partial charge in [-0.3, -0.25) is 4.79 Å². The summed E-state index contributed by atoms with van der Waals surface area (Å²) in [5.74, 6) is 2.01. The minimum Gasteiger partial charge on any atom is -0.309 e. The maximum atomic E-state index is 12.1. The molecule has 0 amide bonds. The maximum absolute atomic E-state index is 12.1. The van der Waals surface area contributed by atoms with Gasteiger partial charge >= 0.3 is 0 Å². The lowest BCUT2D eigenvalue weighted by Crippen LogP contribution is -2.09. The minimum absolute atomic E-state index is 0.0721. The van der Waals surface area contributed by atoms with E-state index in [0.717, 1.165) is 26.6 Å². The SMILES string of the molecule is Cc1nc(SCc2nc3ccsc3c(=O)[nH]2)c2c(C)c(C)sc2n1. The van der Waals surface area contributed by atoms with Gasteiger partial charge in [0.05, 0.1) is 11.3 Å². The first-order valence-corrected chi connectivity index (χ1v) is 10.0. The van der Waals surface area contributed by atoms with Gasteiger partial charge in [-0.2, -0.15) is 0 Å². The Balaban J connectivity index is 1.72. The Morgan fingerprint density at radius 3 is 2.88 bits per heavy atom. The van der Waals surface area contributed by atoms with E-state index in [2.05, 4.69) is 33.8 Å². The fourth-order valence-corrected chi connectivity index (χ4v) is 5.41. The second-order valence-corrected chi connectivity index (χ2v) is 8.56. The normalized spacial score (nSPS) is 11.6. The summed E-state index contributed by atoms with van der Waals surface area (Å²) in [5.41, 5.74) is 1.91. The molecule has 0 spiro atoms. The number of thiophene rings is 2. The first kappa shape index (κ1) is 15.7. The molecular formula is C16H14N4OS3. The van der Waals surface area contributed by atoms with Gasteiger partial charge in [0.2, 0.25) is 0 Å². The van der Waals surface area contributed by atoms with Crippen LogP contribution in [-0.4, -0.2) is 19.9 Å². The van der Waals surface area contributed by atoms with E-state index in [1.807, 2.05) is 18.4 Å². The molecule has 0 saturated carbocycles. The largest absolute Gasteiger partial charge is 0.309 e. The van der Waals surface area contributed by atoms with E-state index in [-0.39, 0.29) is 5.56 Å². The van der Waals surface area contributed by atoms with Crippen LogP contribution in [0, 0.1) is 20.8 Å². The van der Waals surface area contributed by atoms with Crippen LogP contribution >= 0.6 is 34.4 Å². The number of nitrogens with one attached hydrogen (secondary N) is 1. The monoisotopic (exact) mass is 374 g/mol. The number of aryl methyl sites for hydroxylation is 3. The standard InChI is InChI=1S/C16H14N4OS3/c1-7-8(2)24-16-12(7)15(17-9(3)18-16)23-6-11-19-10-4-5-22-13(10)14(21)20-11/h4-5H,6H2,1-3H3,(H,19,20,21). The van der Waals surface area contributed by atoms with Crippen molar-refractivity contribution in [3.05, 3.63) is 43.9 Å². The molecule has 5 nitrogen and oxygen atoms in total. The fourth-order valence-electron chi connectivity index (χ4n) is 2.55. The Kier molecular flexibility index (Phi) is 3.90. The third-order valence-corrected chi connectivity index (χ3v) is 6.81. The van der Waals surface area contributed by atoms with E-state index in [1.165, 1.54) is 21.8 Å². The van der Waals surface area contributed by atoms with E-state index in [0.29, 0.717) is 16.3 Å². The predicted octanol–water partition coefficient (Wildman–Crippen LogP) is 4.21. The molecule has 24 heavy (non-hydrogen) atoms. The van der Waals surface area contributed by atoms with Crippen molar-refractivity contribution in [1.29, 1.82) is 0 Å². The summed E-state index contributed by atoms with van der Waals surface area (Å²) >= 11 is 4.70. The molecule has 0 aromatic carbocycles. The van der Waals surface area contributed by atoms with Crippen LogP contribution in [0.25, 0.3) is 20.4 Å². The molecule has 0 unspecified atom stereocenters. The van der Waals surface area contributed by atoms with Crippen LogP contribution in [0.4, 0.5) is 0 Å². The number of rotatable bonds is 3. The number of hydrogen-bond donors (Lipinski definition) is 1. The zero-order valence-corrected chi connectivity index (χ0v) is 15.8. The van der Waals surface area contributed by atoms with Gasteiger partial charge in [-0.25, -0.2) is 15.0 Å². The molecule has 4 heterocycles. The van der Waals surface area contributed by atoms with Gasteiger partial charge in [-0.1, -0.05) is 11.8 Å². The lowest BCUT2D eigenvalue weighted by atomic mass is 10.2. The van der Waals surface area contributed by atoms with Crippen molar-refractivity contribution < 1.29 is 0 Å². The van der Waals surface area contributed by atoms with Crippen LogP contribution in [0.15, 0.2) is 21.3 Å². The van der Waals surface area contributed by atoms with Gasteiger partial charge in [0.15, 0.2) is 0 Å². The van der Waals surface area contributed by atoms with Gasteiger partial charge in [0.1, 0.15) is 26.2 Å². The molecule has 0 aliphatic carbocycles. The summed E-state index contributed by atoms with van der Waals surface area (Å²) < 4.78 is 0.674. The Labute approximate surface area is 150 Å². The molecule has 4 rings (SSSR count). The summed E-state index contributed by atoms with van der Waals surface area (Å²) in [7, 11) is 0. The minimum atomic E-state index is -0.0721. The smallest absolute Gasteiger partial charge is 0.268 e. The Hall–Kier alpha value is -1.77. The predicted molar refractivity (Wildman–Crippen MR) is 101 cm³/mol. The number of aromatic nitrogens is 4. The third-order valence-electron chi connectivity index (χ3n) is 3.82. The summed E-state index contributed by atoms with van der Waals surface area (Å²) in [6.07, 6.45) is 0. The quantitative estimate of drug-likeness (QED) is 0.430. The lowest BCUT2D eigenvalue weighted by molar-refractivity contribution is 1.00. The molecule has 0 radical (unpaired) electrons. The van der Waals surface area contributed by atoms with Crippen LogP contribution in [0.3, 0.4) is 0 Å². The maximum Gasteiger partial charge on any atom is 0.268 e. The molecule has 4 aromatic heterocycles. The first-order chi connectivity index (χ1) is 11.5. The topological polar surface area (TPSA) is 71.5 Å². The van der Waals surface area contributed by atoms with Crippen molar-refractivity contribution in [3.63, 3.8) is 0 Å². The molecule has 0 aliphatic heterocycles. The Morgan fingerprint density at radius 1 is 1.21 bits per heavy atom. The van der Waals surface area contributed by atoms with Crippen molar-refractivity contribution >= 4 is 54.9 Å². The van der Waals surface area contributed by atoms with Crippen LogP contribution in [-0.2, 0) is 5.75 Å². The van der Waals surface area contributed by atoms with Gasteiger partial charge in [0.25, 0.3) is 5.56 Å². The highest BCUT2D eigenvalue weighted by Crippen LogP contribution is 2.35. The van der Waals surface area contributed by atoms with E-state index in [9.17, 15) is 4.79 Å². The number of hydrogen-bond acceptors (Lipinski definition) is 7. The summed E-state index contributed by atoms with van der Waals surface area (Å²) in [4.78, 5) is 30.9. The number of aromatic amines is 1.